The summed E-state index contributed by atoms with van der Waals surface area (Å²) in [6.07, 6.45) is 7.14. The van der Waals surface area contributed by atoms with Gasteiger partial charge in [-0.25, -0.2) is 14.4 Å². The lowest BCUT2D eigenvalue weighted by molar-refractivity contribution is 0.380. The first kappa shape index (κ1) is 17.8. The number of benzene rings is 1. The third kappa shape index (κ3) is 2.62. The van der Waals surface area contributed by atoms with Gasteiger partial charge in [0.25, 0.3) is 0 Å². The molecule has 4 heterocycles. The average molecular weight is 406 g/mol. The summed E-state index contributed by atoms with van der Waals surface area (Å²) in [5.74, 6) is 1.87. The second-order valence-corrected chi connectivity index (χ2v) is 8.62. The molecule has 8 heteroatoms. The first-order chi connectivity index (χ1) is 14.6. The van der Waals surface area contributed by atoms with E-state index in [1.807, 2.05) is 10.5 Å². The molecule has 4 aromatic rings. The maximum absolute atomic E-state index is 15.1. The SMILES string of the molecule is CC1CCCC(C)N1c1nc2c(-c3noc(C4CC4)n3)ncn2c2cccc(F)c12. The summed E-state index contributed by atoms with van der Waals surface area (Å²) in [6.45, 7) is 4.37. The van der Waals surface area contributed by atoms with Crippen LogP contribution in [0.4, 0.5) is 10.2 Å². The minimum absolute atomic E-state index is 0.271. The molecule has 2 aliphatic rings. The molecule has 154 valence electrons. The molecule has 3 aromatic heterocycles. The van der Waals surface area contributed by atoms with Crippen LogP contribution >= 0.6 is 0 Å². The number of anilines is 1. The fraction of sp³-hybridized carbons (Fsp3) is 0.455. The second-order valence-electron chi connectivity index (χ2n) is 8.62. The maximum Gasteiger partial charge on any atom is 0.230 e. The maximum atomic E-state index is 15.1. The van der Waals surface area contributed by atoms with Crippen molar-refractivity contribution in [2.24, 2.45) is 0 Å². The fourth-order valence-corrected chi connectivity index (χ4v) is 4.73. The van der Waals surface area contributed by atoms with Crippen molar-refractivity contribution >= 4 is 22.4 Å². The van der Waals surface area contributed by atoms with Crippen LogP contribution in [0.15, 0.2) is 29.0 Å². The minimum Gasteiger partial charge on any atom is -0.350 e. The number of imidazole rings is 1. The van der Waals surface area contributed by atoms with Crippen molar-refractivity contribution in [1.82, 2.24) is 24.5 Å². The summed E-state index contributed by atoms with van der Waals surface area (Å²) in [5.41, 5.74) is 1.93. The molecule has 1 saturated heterocycles. The molecular formula is C22H23FN6O. The molecule has 7 nitrogen and oxygen atoms in total. The monoisotopic (exact) mass is 406 g/mol. The molecule has 0 amide bonds. The Hall–Kier alpha value is -3.03. The molecule has 1 aliphatic heterocycles. The van der Waals surface area contributed by atoms with Gasteiger partial charge in [-0.05, 0) is 58.1 Å². The number of rotatable bonds is 3. The number of fused-ring (bicyclic) bond motifs is 3. The Balaban J connectivity index is 1.61. The number of hydrogen-bond donors (Lipinski definition) is 0. The summed E-state index contributed by atoms with van der Waals surface area (Å²) in [5, 5.41) is 4.68. The molecule has 0 radical (unpaired) electrons. The predicted octanol–water partition coefficient (Wildman–Crippen LogP) is 4.72. The highest BCUT2D eigenvalue weighted by atomic mass is 19.1. The van der Waals surface area contributed by atoms with Gasteiger partial charge in [0.15, 0.2) is 11.3 Å². The summed E-state index contributed by atoms with van der Waals surface area (Å²) < 4.78 is 22.3. The molecule has 6 rings (SSSR count). The van der Waals surface area contributed by atoms with Crippen molar-refractivity contribution < 1.29 is 8.91 Å². The molecule has 0 N–H and O–H groups in total. The van der Waals surface area contributed by atoms with Gasteiger partial charge in [-0.15, -0.1) is 0 Å². The summed E-state index contributed by atoms with van der Waals surface area (Å²) in [7, 11) is 0. The van der Waals surface area contributed by atoms with Crippen LogP contribution in [0, 0.1) is 5.82 Å². The third-order valence-electron chi connectivity index (χ3n) is 6.45. The smallest absolute Gasteiger partial charge is 0.230 e. The van der Waals surface area contributed by atoms with Crippen molar-refractivity contribution in [1.29, 1.82) is 0 Å². The molecule has 1 saturated carbocycles. The zero-order chi connectivity index (χ0) is 20.4. The van der Waals surface area contributed by atoms with Crippen molar-refractivity contribution in [3.63, 3.8) is 0 Å². The number of hydrogen-bond acceptors (Lipinski definition) is 6. The van der Waals surface area contributed by atoms with E-state index in [4.69, 9.17) is 9.51 Å². The van der Waals surface area contributed by atoms with E-state index >= 15 is 4.39 Å². The molecule has 30 heavy (non-hydrogen) atoms. The topological polar surface area (TPSA) is 72.3 Å². The summed E-state index contributed by atoms with van der Waals surface area (Å²) >= 11 is 0. The highest BCUT2D eigenvalue weighted by Crippen LogP contribution is 2.40. The van der Waals surface area contributed by atoms with Gasteiger partial charge in [0, 0.05) is 18.0 Å². The first-order valence-corrected chi connectivity index (χ1v) is 10.7. The lowest BCUT2D eigenvalue weighted by atomic mass is 9.97. The predicted molar refractivity (Wildman–Crippen MR) is 111 cm³/mol. The normalized spacial score (nSPS) is 22.3. The van der Waals surface area contributed by atoms with Crippen LogP contribution in [0.2, 0.25) is 0 Å². The van der Waals surface area contributed by atoms with Crippen LogP contribution in [0.25, 0.3) is 28.1 Å². The average Bonchev–Trinajstić information content (AvgIpc) is 3.30. The van der Waals surface area contributed by atoms with Crippen LogP contribution in [0.1, 0.15) is 57.8 Å². The molecular weight excluding hydrogens is 383 g/mol. The number of nitrogens with zero attached hydrogens (tertiary/aromatic N) is 6. The summed E-state index contributed by atoms with van der Waals surface area (Å²) in [6, 6.07) is 5.70. The number of halogens is 1. The zero-order valence-corrected chi connectivity index (χ0v) is 17.0. The van der Waals surface area contributed by atoms with E-state index in [0.29, 0.717) is 40.2 Å². The fourth-order valence-electron chi connectivity index (χ4n) is 4.73. The van der Waals surface area contributed by atoms with Crippen LogP contribution in [0.5, 0.6) is 0 Å². The Morgan fingerprint density at radius 1 is 1.07 bits per heavy atom. The zero-order valence-electron chi connectivity index (χ0n) is 17.0. The number of aromatic nitrogens is 5. The quantitative estimate of drug-likeness (QED) is 0.490. The Bertz CT molecular complexity index is 1250. The first-order valence-electron chi connectivity index (χ1n) is 10.7. The highest BCUT2D eigenvalue weighted by Gasteiger charge is 2.32. The second kappa shape index (κ2) is 6.48. The molecule has 0 spiro atoms. The van der Waals surface area contributed by atoms with Gasteiger partial charge in [0.05, 0.1) is 10.9 Å². The Morgan fingerprint density at radius 2 is 1.87 bits per heavy atom. The molecule has 2 fully saturated rings. The molecule has 2 unspecified atom stereocenters. The molecule has 1 aromatic carbocycles. The van der Waals surface area contributed by atoms with Gasteiger partial charge >= 0.3 is 0 Å². The third-order valence-corrected chi connectivity index (χ3v) is 6.45. The summed E-state index contributed by atoms with van der Waals surface area (Å²) in [4.78, 5) is 16.3. The van der Waals surface area contributed by atoms with Gasteiger partial charge < -0.3 is 9.42 Å². The Morgan fingerprint density at radius 3 is 2.63 bits per heavy atom. The van der Waals surface area contributed by atoms with E-state index in [2.05, 4.69) is 33.9 Å². The molecule has 2 atom stereocenters. The van der Waals surface area contributed by atoms with Gasteiger partial charge in [-0.1, -0.05) is 11.2 Å². The van der Waals surface area contributed by atoms with E-state index in [1.54, 1.807) is 12.4 Å². The van der Waals surface area contributed by atoms with Crippen molar-refractivity contribution in [3.05, 3.63) is 36.2 Å². The van der Waals surface area contributed by atoms with E-state index in [1.165, 1.54) is 12.5 Å². The van der Waals surface area contributed by atoms with Crippen LogP contribution in [0.3, 0.4) is 0 Å². The molecule has 0 bridgehead atoms. The van der Waals surface area contributed by atoms with E-state index in [-0.39, 0.29) is 17.9 Å². The lowest BCUT2D eigenvalue weighted by Gasteiger charge is -2.40. The van der Waals surface area contributed by atoms with E-state index in [9.17, 15) is 0 Å². The van der Waals surface area contributed by atoms with E-state index < -0.39 is 0 Å². The van der Waals surface area contributed by atoms with Crippen LogP contribution in [-0.2, 0) is 0 Å². The number of piperidine rings is 1. The van der Waals surface area contributed by atoms with E-state index in [0.717, 1.165) is 31.2 Å². The van der Waals surface area contributed by atoms with Crippen molar-refractivity contribution in [2.45, 2.75) is 64.0 Å². The van der Waals surface area contributed by atoms with Crippen molar-refractivity contribution in [2.75, 3.05) is 4.90 Å². The van der Waals surface area contributed by atoms with Crippen molar-refractivity contribution in [3.8, 4) is 11.5 Å². The largest absolute Gasteiger partial charge is 0.350 e. The van der Waals surface area contributed by atoms with Gasteiger partial charge in [0.1, 0.15) is 18.0 Å². The van der Waals surface area contributed by atoms with Gasteiger partial charge in [-0.3, -0.25) is 4.40 Å². The standard InChI is InChI=1S/C22H23FN6O/c1-12-5-3-6-13(2)29(12)20-17-15(23)7-4-8-16(17)28-11-24-18(21(28)26-20)19-25-22(30-27-19)14-9-10-14/h4,7-8,11-14H,3,5-6,9-10H2,1-2H3. The molecule has 1 aliphatic carbocycles. The van der Waals surface area contributed by atoms with Crippen LogP contribution < -0.4 is 4.90 Å². The Labute approximate surface area is 172 Å². The lowest BCUT2D eigenvalue weighted by Crippen LogP contribution is -2.44. The van der Waals surface area contributed by atoms with Crippen LogP contribution in [-0.4, -0.2) is 36.6 Å². The Kier molecular flexibility index (Phi) is 3.85. The minimum atomic E-state index is -0.271. The highest BCUT2D eigenvalue weighted by molar-refractivity contribution is 5.94. The van der Waals surface area contributed by atoms with Gasteiger partial charge in [-0.2, -0.15) is 4.98 Å². The van der Waals surface area contributed by atoms with Gasteiger partial charge in [0.2, 0.25) is 11.7 Å².